The fourth-order valence-corrected chi connectivity index (χ4v) is 4.12. The summed E-state index contributed by atoms with van der Waals surface area (Å²) in [6.45, 7) is 10.3. The number of fused-ring (bicyclic) bond motifs is 1. The van der Waals surface area contributed by atoms with Crippen LogP contribution < -0.4 is 5.56 Å². The molecule has 2 aromatic carbocycles. The van der Waals surface area contributed by atoms with Gasteiger partial charge in [-0.1, -0.05) is 50.2 Å². The van der Waals surface area contributed by atoms with Crippen molar-refractivity contribution in [1.82, 2.24) is 19.4 Å². The van der Waals surface area contributed by atoms with Crippen LogP contribution in [0, 0.1) is 6.92 Å². The molecule has 1 aliphatic rings. The van der Waals surface area contributed by atoms with Gasteiger partial charge in [-0.2, -0.15) is 0 Å². The molecule has 1 fully saturated rings. The molecule has 6 nitrogen and oxygen atoms in total. The first kappa shape index (κ1) is 21.2. The number of carbonyl (C=O) groups is 1. The van der Waals surface area contributed by atoms with Crippen molar-refractivity contribution >= 4 is 16.8 Å². The summed E-state index contributed by atoms with van der Waals surface area (Å²) in [5.74, 6) is 0.509. The third-order valence-electron chi connectivity index (χ3n) is 6.14. The van der Waals surface area contributed by atoms with Gasteiger partial charge in [0.1, 0.15) is 6.54 Å². The van der Waals surface area contributed by atoms with Gasteiger partial charge in [0.15, 0.2) is 0 Å². The van der Waals surface area contributed by atoms with Crippen LogP contribution in [0.3, 0.4) is 0 Å². The smallest absolute Gasteiger partial charge is 0.261 e. The molecule has 6 heteroatoms. The number of nitrogens with zero attached hydrogens (tertiary/aromatic N) is 4. The quantitative estimate of drug-likeness (QED) is 0.639. The molecule has 0 saturated carbocycles. The molecule has 1 amide bonds. The predicted molar refractivity (Wildman–Crippen MR) is 123 cm³/mol. The Morgan fingerprint density at radius 3 is 2.42 bits per heavy atom. The van der Waals surface area contributed by atoms with Crippen molar-refractivity contribution in [3.05, 3.63) is 75.8 Å². The van der Waals surface area contributed by atoms with E-state index in [1.54, 1.807) is 6.07 Å². The van der Waals surface area contributed by atoms with Crippen LogP contribution in [0.25, 0.3) is 10.9 Å². The van der Waals surface area contributed by atoms with Crippen molar-refractivity contribution in [2.45, 2.75) is 39.8 Å². The minimum absolute atomic E-state index is 0.0307. The van der Waals surface area contributed by atoms with Crippen LogP contribution in [0.15, 0.2) is 53.6 Å². The molecule has 0 aliphatic carbocycles. The van der Waals surface area contributed by atoms with E-state index >= 15 is 0 Å². The van der Waals surface area contributed by atoms with E-state index in [4.69, 9.17) is 0 Å². The molecule has 0 unspecified atom stereocenters. The van der Waals surface area contributed by atoms with Gasteiger partial charge in [0.05, 0.1) is 17.2 Å². The van der Waals surface area contributed by atoms with Crippen LogP contribution >= 0.6 is 0 Å². The largest absolute Gasteiger partial charge is 0.339 e. The number of rotatable bonds is 5. The number of para-hydroxylation sites is 1. The fourth-order valence-electron chi connectivity index (χ4n) is 4.12. The van der Waals surface area contributed by atoms with E-state index in [1.165, 1.54) is 22.0 Å². The monoisotopic (exact) mass is 418 g/mol. The van der Waals surface area contributed by atoms with Crippen molar-refractivity contribution in [3.8, 4) is 0 Å². The van der Waals surface area contributed by atoms with Crippen molar-refractivity contribution in [3.63, 3.8) is 0 Å². The van der Waals surface area contributed by atoms with Gasteiger partial charge in [-0.15, -0.1) is 0 Å². The minimum Gasteiger partial charge on any atom is -0.339 e. The number of aromatic nitrogens is 2. The summed E-state index contributed by atoms with van der Waals surface area (Å²) in [5.41, 5.74) is 4.15. The zero-order chi connectivity index (χ0) is 22.0. The maximum atomic E-state index is 12.8. The van der Waals surface area contributed by atoms with Crippen molar-refractivity contribution in [1.29, 1.82) is 0 Å². The second-order valence-corrected chi connectivity index (χ2v) is 8.70. The average molecular weight is 419 g/mol. The Bertz CT molecular complexity index is 1130. The average Bonchev–Trinajstić information content (AvgIpc) is 2.77. The summed E-state index contributed by atoms with van der Waals surface area (Å²) < 4.78 is 1.42. The highest BCUT2D eigenvalue weighted by Crippen LogP contribution is 2.16. The van der Waals surface area contributed by atoms with Crippen molar-refractivity contribution < 1.29 is 4.79 Å². The lowest BCUT2D eigenvalue weighted by Gasteiger charge is -2.35. The second kappa shape index (κ2) is 9.02. The SMILES string of the molecule is Cc1cccc2c(=O)n(CC(=O)N3CCN(Cc4ccc(C(C)C)cc4)CC3)cnc12. The standard InChI is InChI=1S/C25H30N4O2/c1-18(2)21-9-7-20(8-10-21)15-27-11-13-28(14-12-27)23(30)16-29-17-26-24-19(3)5-4-6-22(24)25(29)31/h4-10,17-18H,11-16H2,1-3H3. The molecule has 1 aromatic heterocycles. The topological polar surface area (TPSA) is 58.4 Å². The lowest BCUT2D eigenvalue weighted by Crippen LogP contribution is -2.49. The number of hydrogen-bond donors (Lipinski definition) is 0. The molecular weight excluding hydrogens is 388 g/mol. The molecule has 0 N–H and O–H groups in total. The molecule has 1 aliphatic heterocycles. The summed E-state index contributed by atoms with van der Waals surface area (Å²) in [6, 6.07) is 14.4. The Hall–Kier alpha value is -2.99. The molecule has 31 heavy (non-hydrogen) atoms. The highest BCUT2D eigenvalue weighted by molar-refractivity contribution is 5.81. The van der Waals surface area contributed by atoms with Crippen LogP contribution in [0.1, 0.15) is 36.5 Å². The summed E-state index contributed by atoms with van der Waals surface area (Å²) in [5, 5.41) is 0.559. The van der Waals surface area contributed by atoms with Gasteiger partial charge in [0.2, 0.25) is 5.91 Å². The minimum atomic E-state index is -0.162. The lowest BCUT2D eigenvalue weighted by molar-refractivity contribution is -0.133. The molecule has 162 valence electrons. The molecule has 0 bridgehead atoms. The summed E-state index contributed by atoms with van der Waals surface area (Å²) in [6.07, 6.45) is 1.49. The first-order valence-electron chi connectivity index (χ1n) is 11.0. The Morgan fingerprint density at radius 1 is 1.03 bits per heavy atom. The van der Waals surface area contributed by atoms with E-state index in [9.17, 15) is 9.59 Å². The van der Waals surface area contributed by atoms with Gasteiger partial charge < -0.3 is 4.90 Å². The van der Waals surface area contributed by atoms with Gasteiger partial charge in [-0.05, 0) is 35.6 Å². The third kappa shape index (κ3) is 4.69. The Morgan fingerprint density at radius 2 is 1.74 bits per heavy atom. The maximum Gasteiger partial charge on any atom is 0.261 e. The molecule has 4 rings (SSSR count). The van der Waals surface area contributed by atoms with Crippen LogP contribution in [-0.4, -0.2) is 51.4 Å². The summed E-state index contributed by atoms with van der Waals surface area (Å²) in [7, 11) is 0. The third-order valence-corrected chi connectivity index (χ3v) is 6.14. The van der Waals surface area contributed by atoms with Crippen LogP contribution in [-0.2, 0) is 17.9 Å². The Balaban J connectivity index is 1.35. The van der Waals surface area contributed by atoms with E-state index in [0.717, 1.165) is 25.2 Å². The Kier molecular flexibility index (Phi) is 6.18. The first-order valence-corrected chi connectivity index (χ1v) is 11.0. The number of aryl methyl sites for hydroxylation is 1. The van der Waals surface area contributed by atoms with Crippen molar-refractivity contribution in [2.75, 3.05) is 26.2 Å². The molecule has 0 radical (unpaired) electrons. The molecule has 3 aromatic rings. The second-order valence-electron chi connectivity index (χ2n) is 8.70. The van der Waals surface area contributed by atoms with Gasteiger partial charge in [0, 0.05) is 32.7 Å². The number of benzene rings is 2. The van der Waals surface area contributed by atoms with E-state index in [1.807, 2.05) is 24.0 Å². The summed E-state index contributed by atoms with van der Waals surface area (Å²) >= 11 is 0. The summed E-state index contributed by atoms with van der Waals surface area (Å²) in [4.78, 5) is 34.2. The first-order chi connectivity index (χ1) is 14.9. The fraction of sp³-hybridized carbons (Fsp3) is 0.400. The molecule has 1 saturated heterocycles. The molecular formula is C25H30N4O2. The maximum absolute atomic E-state index is 12.8. The zero-order valence-corrected chi connectivity index (χ0v) is 18.5. The molecule has 0 atom stereocenters. The van der Waals surface area contributed by atoms with Crippen molar-refractivity contribution in [2.24, 2.45) is 0 Å². The predicted octanol–water partition coefficient (Wildman–Crippen LogP) is 3.17. The van der Waals surface area contributed by atoms with Gasteiger partial charge in [-0.25, -0.2) is 4.98 Å². The normalized spacial score (nSPS) is 15.0. The Labute approximate surface area is 183 Å². The van der Waals surface area contributed by atoms with Gasteiger partial charge in [0.25, 0.3) is 5.56 Å². The molecule has 2 heterocycles. The van der Waals surface area contributed by atoms with Gasteiger partial charge >= 0.3 is 0 Å². The van der Waals surface area contributed by atoms with E-state index in [2.05, 4.69) is 48.0 Å². The molecule has 0 spiro atoms. The zero-order valence-electron chi connectivity index (χ0n) is 18.5. The number of carbonyl (C=O) groups excluding carboxylic acids is 1. The number of piperazine rings is 1. The number of hydrogen-bond acceptors (Lipinski definition) is 4. The van der Waals surface area contributed by atoms with E-state index < -0.39 is 0 Å². The highest BCUT2D eigenvalue weighted by Gasteiger charge is 2.22. The van der Waals surface area contributed by atoms with Crippen LogP contribution in [0.5, 0.6) is 0 Å². The highest BCUT2D eigenvalue weighted by atomic mass is 16.2. The van der Waals surface area contributed by atoms with E-state index in [0.29, 0.717) is 29.9 Å². The number of amides is 1. The van der Waals surface area contributed by atoms with E-state index in [-0.39, 0.29) is 18.0 Å². The van der Waals surface area contributed by atoms with Gasteiger partial charge in [-0.3, -0.25) is 19.1 Å². The lowest BCUT2D eigenvalue weighted by atomic mass is 10.0. The van der Waals surface area contributed by atoms with Crippen LogP contribution in [0.2, 0.25) is 0 Å². The van der Waals surface area contributed by atoms with Crippen LogP contribution in [0.4, 0.5) is 0 Å².